The molecule has 4 aliphatic carbocycles. The summed E-state index contributed by atoms with van der Waals surface area (Å²) in [4.78, 5) is 12.1. The minimum Gasteiger partial charge on any atom is -0.462 e. The molecule has 2 bridgehead atoms. The first-order chi connectivity index (χ1) is 18.0. The highest BCUT2D eigenvalue weighted by Gasteiger charge is 2.73. The Morgan fingerprint density at radius 2 is 1.72 bits per heavy atom. The average Bonchev–Trinajstić information content (AvgIpc) is 3.08. The van der Waals surface area contributed by atoms with Crippen LogP contribution in [0.4, 0.5) is 0 Å². The van der Waals surface area contributed by atoms with Crippen molar-refractivity contribution in [3.05, 3.63) is 12.2 Å². The van der Waals surface area contributed by atoms with E-state index in [1.807, 2.05) is 0 Å². The van der Waals surface area contributed by atoms with Gasteiger partial charge in [0.15, 0.2) is 6.29 Å². The van der Waals surface area contributed by atoms with Crippen LogP contribution >= 0.6 is 0 Å². The van der Waals surface area contributed by atoms with Crippen LogP contribution in [0.5, 0.6) is 0 Å². The van der Waals surface area contributed by atoms with Gasteiger partial charge in [-0.3, -0.25) is 4.79 Å². The number of carbonyl (C=O) groups excluding carboxylic acids is 1. The van der Waals surface area contributed by atoms with Crippen molar-refractivity contribution in [2.24, 2.45) is 28.6 Å². The van der Waals surface area contributed by atoms with Gasteiger partial charge in [-0.05, 0) is 44.9 Å². The third-order valence-electron chi connectivity index (χ3n) is 11.1. The first kappa shape index (κ1) is 29.3. The second kappa shape index (κ2) is 9.43. The molecule has 0 aromatic heterocycles. The molecule has 5 aliphatic rings. The van der Waals surface area contributed by atoms with Crippen LogP contribution in [0.1, 0.15) is 59.8 Å². The van der Waals surface area contributed by atoms with Crippen LogP contribution in [0.15, 0.2) is 12.2 Å². The molecule has 0 radical (unpaired) electrons. The van der Waals surface area contributed by atoms with E-state index in [2.05, 4.69) is 6.58 Å². The van der Waals surface area contributed by atoms with Gasteiger partial charge in [0.05, 0.1) is 24.4 Å². The molecule has 14 unspecified atom stereocenters. The summed E-state index contributed by atoms with van der Waals surface area (Å²) in [7, 11) is 0. The van der Waals surface area contributed by atoms with Crippen LogP contribution in [-0.4, -0.2) is 109 Å². The van der Waals surface area contributed by atoms with E-state index in [1.54, 1.807) is 20.8 Å². The molecule has 1 saturated heterocycles. The Hall–Kier alpha value is -1.15. The maximum absolute atomic E-state index is 12.4. The average molecular weight is 557 g/mol. The lowest BCUT2D eigenvalue weighted by Gasteiger charge is -2.48. The second-order valence-electron chi connectivity index (χ2n) is 13.5. The zero-order valence-corrected chi connectivity index (χ0v) is 23.1. The smallest absolute Gasteiger partial charge is 0.302 e. The van der Waals surface area contributed by atoms with Gasteiger partial charge in [0.1, 0.15) is 36.1 Å². The summed E-state index contributed by atoms with van der Waals surface area (Å²) in [5.74, 6) is -1.61. The zero-order chi connectivity index (χ0) is 28.9. The molecule has 7 N–H and O–H groups in total. The Bertz CT molecular complexity index is 996. The van der Waals surface area contributed by atoms with E-state index in [9.17, 15) is 40.5 Å². The highest BCUT2D eigenvalue weighted by Crippen LogP contribution is 2.69. The van der Waals surface area contributed by atoms with Crippen LogP contribution in [0.25, 0.3) is 0 Å². The molecular formula is C28H44O11. The molecule has 0 aromatic carbocycles. The molecule has 0 amide bonds. The van der Waals surface area contributed by atoms with E-state index in [0.717, 1.165) is 0 Å². The summed E-state index contributed by atoms with van der Waals surface area (Å²) in [6.45, 7) is 10.4. The van der Waals surface area contributed by atoms with Gasteiger partial charge in [0.25, 0.3) is 0 Å². The SMILES string of the molecule is C=C1C2CCC3C(OC(C)=O)C2(CC(O)C2(O)C1CC(OC1OC(CO)C(O)C(O)C1O)C2(C)C)CC3(C)O. The summed E-state index contributed by atoms with van der Waals surface area (Å²) in [5, 5.41) is 76.1. The fraction of sp³-hybridized carbons (Fsp3) is 0.893. The molecule has 11 heteroatoms. The molecular weight excluding hydrogens is 512 g/mol. The van der Waals surface area contributed by atoms with E-state index in [4.69, 9.17) is 14.2 Å². The number of ether oxygens (including phenoxy) is 3. The van der Waals surface area contributed by atoms with Crippen molar-refractivity contribution >= 4 is 5.97 Å². The molecule has 5 fully saturated rings. The van der Waals surface area contributed by atoms with Gasteiger partial charge in [-0.15, -0.1) is 0 Å². The fourth-order valence-corrected chi connectivity index (χ4v) is 9.12. The van der Waals surface area contributed by atoms with E-state index in [1.165, 1.54) is 6.92 Å². The maximum atomic E-state index is 12.4. The third-order valence-corrected chi connectivity index (χ3v) is 11.1. The zero-order valence-electron chi connectivity index (χ0n) is 23.1. The molecule has 1 spiro atoms. The quantitative estimate of drug-likeness (QED) is 0.173. The Morgan fingerprint density at radius 3 is 2.33 bits per heavy atom. The largest absolute Gasteiger partial charge is 0.462 e. The summed E-state index contributed by atoms with van der Waals surface area (Å²) >= 11 is 0. The van der Waals surface area contributed by atoms with Gasteiger partial charge in [0, 0.05) is 29.6 Å². The number of hydrogen-bond donors (Lipinski definition) is 7. The molecule has 14 atom stereocenters. The Morgan fingerprint density at radius 1 is 1.05 bits per heavy atom. The first-order valence-electron chi connectivity index (χ1n) is 14.0. The molecule has 1 aliphatic heterocycles. The number of aliphatic hydroxyl groups excluding tert-OH is 5. The van der Waals surface area contributed by atoms with Gasteiger partial charge in [0.2, 0.25) is 0 Å². The maximum Gasteiger partial charge on any atom is 0.302 e. The lowest BCUT2D eigenvalue weighted by atomic mass is 9.61. The second-order valence-corrected chi connectivity index (χ2v) is 13.5. The molecule has 5 rings (SSSR count). The van der Waals surface area contributed by atoms with Crippen molar-refractivity contribution in [1.82, 2.24) is 0 Å². The number of hydrogen-bond acceptors (Lipinski definition) is 11. The minimum absolute atomic E-state index is 0.0878. The highest BCUT2D eigenvalue weighted by molar-refractivity contribution is 5.66. The van der Waals surface area contributed by atoms with E-state index >= 15 is 0 Å². The lowest BCUT2D eigenvalue weighted by molar-refractivity contribution is -0.321. The minimum atomic E-state index is -1.72. The topological polar surface area (TPSA) is 186 Å². The van der Waals surface area contributed by atoms with Crippen LogP contribution in [0, 0.1) is 28.6 Å². The summed E-state index contributed by atoms with van der Waals surface area (Å²) in [6, 6.07) is 0. The van der Waals surface area contributed by atoms with Gasteiger partial charge in [-0.25, -0.2) is 0 Å². The fourth-order valence-electron chi connectivity index (χ4n) is 9.12. The van der Waals surface area contributed by atoms with Crippen molar-refractivity contribution in [1.29, 1.82) is 0 Å². The summed E-state index contributed by atoms with van der Waals surface area (Å²) in [6.07, 6.45) is -8.06. The number of carbonyl (C=O) groups is 1. The first-order valence-corrected chi connectivity index (χ1v) is 14.0. The van der Waals surface area contributed by atoms with Gasteiger partial charge in [-0.2, -0.15) is 0 Å². The third kappa shape index (κ3) is 3.99. The van der Waals surface area contributed by atoms with Crippen LogP contribution in [0.2, 0.25) is 0 Å². The van der Waals surface area contributed by atoms with Crippen molar-refractivity contribution in [3.63, 3.8) is 0 Å². The molecule has 4 saturated carbocycles. The van der Waals surface area contributed by atoms with E-state index < -0.39 is 89.5 Å². The number of rotatable bonds is 4. The lowest BCUT2D eigenvalue weighted by Crippen LogP contribution is -2.61. The van der Waals surface area contributed by atoms with Crippen LogP contribution in [-0.2, 0) is 19.0 Å². The molecule has 1 heterocycles. The molecule has 11 nitrogen and oxygen atoms in total. The highest BCUT2D eigenvalue weighted by atomic mass is 16.7. The molecule has 222 valence electrons. The Balaban J connectivity index is 1.48. The van der Waals surface area contributed by atoms with E-state index in [0.29, 0.717) is 24.8 Å². The summed E-state index contributed by atoms with van der Waals surface area (Å²) < 4.78 is 17.6. The predicted octanol–water partition coefficient (Wildman–Crippen LogP) is -0.631. The van der Waals surface area contributed by atoms with E-state index in [-0.39, 0.29) is 24.7 Å². The standard InChI is InChI=1S/C28H44O11/c1-12-14-6-7-15-23(37-13(2)30)27(14,11-26(15,5)35)9-18(31)28(36)16(12)8-19(25(28,3)4)39-24-22(34)21(33)20(32)17(10-29)38-24/h14-24,29,31-36H,1,6-11H2,2-5H3. The normalized spacial score (nSPS) is 54.5. The van der Waals surface area contributed by atoms with Crippen molar-refractivity contribution in [2.45, 2.75) is 120 Å². The Labute approximate surface area is 228 Å². The Kier molecular flexibility index (Phi) is 7.10. The monoisotopic (exact) mass is 556 g/mol. The number of esters is 1. The molecule has 39 heavy (non-hydrogen) atoms. The molecule has 0 aromatic rings. The van der Waals surface area contributed by atoms with Gasteiger partial charge in [-0.1, -0.05) is 26.0 Å². The van der Waals surface area contributed by atoms with Crippen LogP contribution < -0.4 is 0 Å². The van der Waals surface area contributed by atoms with Crippen LogP contribution in [0.3, 0.4) is 0 Å². The van der Waals surface area contributed by atoms with Gasteiger partial charge < -0.3 is 50.0 Å². The number of aliphatic hydroxyl groups is 7. The van der Waals surface area contributed by atoms with Crippen molar-refractivity contribution < 1.29 is 54.8 Å². The summed E-state index contributed by atoms with van der Waals surface area (Å²) in [5.41, 5.74) is -4.03. The predicted molar refractivity (Wildman–Crippen MR) is 135 cm³/mol. The number of fused-ring (bicyclic) bond motifs is 2. The van der Waals surface area contributed by atoms with Crippen molar-refractivity contribution in [3.8, 4) is 0 Å². The van der Waals surface area contributed by atoms with Gasteiger partial charge >= 0.3 is 5.97 Å². The van der Waals surface area contributed by atoms with Crippen molar-refractivity contribution in [2.75, 3.05) is 6.61 Å².